The third kappa shape index (κ3) is 3.22. The summed E-state index contributed by atoms with van der Waals surface area (Å²) in [6, 6.07) is 8.65. The molecule has 4 rings (SSSR count). The molecule has 1 aromatic heterocycles. The molecule has 1 atom stereocenters. The number of imidazole rings is 1. The highest BCUT2D eigenvalue weighted by Gasteiger charge is 2.27. The maximum Gasteiger partial charge on any atom is 0.274 e. The molecule has 1 amide bonds. The lowest BCUT2D eigenvalue weighted by molar-refractivity contribution is 0.0691. The zero-order chi connectivity index (χ0) is 17.4. The monoisotopic (exact) mass is 337 g/mol. The maximum atomic E-state index is 12.8. The first-order valence-corrected chi connectivity index (χ1v) is 9.52. The van der Waals surface area contributed by atoms with Crippen LogP contribution >= 0.6 is 0 Å². The Morgan fingerprint density at radius 3 is 2.68 bits per heavy atom. The van der Waals surface area contributed by atoms with E-state index in [1.807, 2.05) is 11.1 Å². The molecule has 1 unspecified atom stereocenters. The number of amides is 1. The van der Waals surface area contributed by atoms with Crippen molar-refractivity contribution in [3.05, 3.63) is 53.1 Å². The summed E-state index contributed by atoms with van der Waals surface area (Å²) in [7, 11) is 0. The zero-order valence-corrected chi connectivity index (χ0v) is 15.2. The second-order valence-electron chi connectivity index (χ2n) is 7.76. The normalized spacial score (nSPS) is 21.2. The minimum atomic E-state index is 0.112. The summed E-state index contributed by atoms with van der Waals surface area (Å²) in [6.07, 6.45) is 6.25. The molecule has 2 aliphatic heterocycles. The van der Waals surface area contributed by atoms with Crippen LogP contribution < -0.4 is 0 Å². The summed E-state index contributed by atoms with van der Waals surface area (Å²) in [5.41, 5.74) is 3.42. The van der Waals surface area contributed by atoms with Gasteiger partial charge in [-0.1, -0.05) is 31.2 Å². The lowest BCUT2D eigenvalue weighted by atomic mass is 9.89. The number of hydrogen-bond donors (Lipinski definition) is 0. The Balaban J connectivity index is 1.51. The van der Waals surface area contributed by atoms with Gasteiger partial charge in [-0.3, -0.25) is 4.79 Å². The van der Waals surface area contributed by atoms with Crippen molar-refractivity contribution in [1.29, 1.82) is 0 Å². The molecule has 0 spiro atoms. The van der Waals surface area contributed by atoms with Gasteiger partial charge in [0, 0.05) is 38.2 Å². The first kappa shape index (κ1) is 16.4. The maximum absolute atomic E-state index is 12.8. The molecule has 1 fully saturated rings. The van der Waals surface area contributed by atoms with Crippen LogP contribution in [0.15, 0.2) is 30.5 Å². The summed E-state index contributed by atoms with van der Waals surface area (Å²) in [6.45, 7) is 7.12. The lowest BCUT2D eigenvalue weighted by Crippen LogP contribution is -2.38. The van der Waals surface area contributed by atoms with Crippen LogP contribution in [0.3, 0.4) is 0 Å². The molecule has 1 saturated heterocycles. The van der Waals surface area contributed by atoms with Crippen LogP contribution in [-0.2, 0) is 13.0 Å². The predicted octanol–water partition coefficient (Wildman–Crippen LogP) is 3.79. The SMILES string of the molecule is Cc1ccccc1C1CCc2nc(C(=O)N3CCC(C)CC3)cn2C1. The second kappa shape index (κ2) is 6.66. The lowest BCUT2D eigenvalue weighted by Gasteiger charge is -2.29. The van der Waals surface area contributed by atoms with Crippen LogP contribution in [0.1, 0.15) is 59.5 Å². The molecule has 4 heteroatoms. The van der Waals surface area contributed by atoms with Crippen LogP contribution in [0.5, 0.6) is 0 Å². The molecular formula is C21H27N3O. The van der Waals surface area contributed by atoms with Gasteiger partial charge < -0.3 is 9.47 Å². The van der Waals surface area contributed by atoms with Crippen LogP contribution in [-0.4, -0.2) is 33.4 Å². The number of benzene rings is 1. The molecule has 0 saturated carbocycles. The zero-order valence-electron chi connectivity index (χ0n) is 15.2. The molecule has 0 radical (unpaired) electrons. The van der Waals surface area contributed by atoms with Gasteiger partial charge >= 0.3 is 0 Å². The highest BCUT2D eigenvalue weighted by Crippen LogP contribution is 2.31. The van der Waals surface area contributed by atoms with E-state index in [4.69, 9.17) is 0 Å². The number of aryl methyl sites for hydroxylation is 2. The van der Waals surface area contributed by atoms with E-state index >= 15 is 0 Å². The second-order valence-corrected chi connectivity index (χ2v) is 7.76. The Labute approximate surface area is 149 Å². The molecule has 132 valence electrons. The van der Waals surface area contributed by atoms with Crippen LogP contribution in [0.25, 0.3) is 0 Å². The van der Waals surface area contributed by atoms with E-state index in [2.05, 4.69) is 47.7 Å². The van der Waals surface area contributed by atoms with Crippen molar-refractivity contribution in [3.63, 3.8) is 0 Å². The van der Waals surface area contributed by atoms with Gasteiger partial charge in [-0.25, -0.2) is 4.98 Å². The molecule has 0 N–H and O–H groups in total. The predicted molar refractivity (Wildman–Crippen MR) is 98.8 cm³/mol. The molecule has 2 aliphatic rings. The first-order valence-electron chi connectivity index (χ1n) is 9.52. The van der Waals surface area contributed by atoms with Crippen molar-refractivity contribution in [2.45, 2.75) is 52.0 Å². The van der Waals surface area contributed by atoms with Gasteiger partial charge in [0.25, 0.3) is 5.91 Å². The Kier molecular flexibility index (Phi) is 4.36. The van der Waals surface area contributed by atoms with E-state index in [9.17, 15) is 4.79 Å². The largest absolute Gasteiger partial charge is 0.337 e. The van der Waals surface area contributed by atoms with Gasteiger partial charge in [0.05, 0.1) is 0 Å². The Hall–Kier alpha value is -2.10. The number of carbonyl (C=O) groups excluding carboxylic acids is 1. The molecule has 1 aromatic carbocycles. The van der Waals surface area contributed by atoms with E-state index in [1.165, 1.54) is 11.1 Å². The minimum absolute atomic E-state index is 0.112. The number of piperidine rings is 1. The highest BCUT2D eigenvalue weighted by atomic mass is 16.2. The average molecular weight is 337 g/mol. The number of hydrogen-bond acceptors (Lipinski definition) is 2. The number of nitrogens with zero attached hydrogens (tertiary/aromatic N) is 3. The first-order chi connectivity index (χ1) is 12.1. The molecular weight excluding hydrogens is 310 g/mol. The van der Waals surface area contributed by atoms with Gasteiger partial charge in [0.1, 0.15) is 11.5 Å². The average Bonchev–Trinajstić information content (AvgIpc) is 3.05. The number of fused-ring (bicyclic) bond motifs is 1. The fourth-order valence-corrected chi connectivity index (χ4v) is 4.22. The Morgan fingerprint density at radius 1 is 1.16 bits per heavy atom. The summed E-state index contributed by atoms with van der Waals surface area (Å²) in [5.74, 6) is 2.43. The van der Waals surface area contributed by atoms with E-state index in [0.717, 1.165) is 57.1 Å². The van der Waals surface area contributed by atoms with Gasteiger partial charge in [-0.15, -0.1) is 0 Å². The topological polar surface area (TPSA) is 38.1 Å². The highest BCUT2D eigenvalue weighted by molar-refractivity contribution is 5.92. The summed E-state index contributed by atoms with van der Waals surface area (Å²) in [4.78, 5) is 19.4. The fourth-order valence-electron chi connectivity index (χ4n) is 4.22. The van der Waals surface area contributed by atoms with Crippen LogP contribution in [0, 0.1) is 12.8 Å². The number of likely N-dealkylation sites (tertiary alicyclic amines) is 1. The van der Waals surface area contributed by atoms with Crippen molar-refractivity contribution in [2.75, 3.05) is 13.1 Å². The number of rotatable bonds is 2. The molecule has 25 heavy (non-hydrogen) atoms. The van der Waals surface area contributed by atoms with E-state index in [1.54, 1.807) is 0 Å². The molecule has 2 aromatic rings. The number of aromatic nitrogens is 2. The Bertz CT molecular complexity index is 771. The van der Waals surface area contributed by atoms with Gasteiger partial charge in [-0.05, 0) is 43.2 Å². The Morgan fingerprint density at radius 2 is 1.92 bits per heavy atom. The molecule has 0 aliphatic carbocycles. The smallest absolute Gasteiger partial charge is 0.274 e. The third-order valence-electron chi connectivity index (χ3n) is 5.91. The fraction of sp³-hybridized carbons (Fsp3) is 0.524. The van der Waals surface area contributed by atoms with Crippen molar-refractivity contribution in [2.24, 2.45) is 5.92 Å². The van der Waals surface area contributed by atoms with Crippen LogP contribution in [0.2, 0.25) is 0 Å². The van der Waals surface area contributed by atoms with Gasteiger partial charge in [0.2, 0.25) is 0 Å². The molecule has 0 bridgehead atoms. The van der Waals surface area contributed by atoms with Crippen molar-refractivity contribution in [1.82, 2.24) is 14.5 Å². The standard InChI is InChI=1S/C21H27N3O/c1-15-9-11-23(12-10-15)21(25)19-14-24-13-17(7-8-20(24)22-19)18-6-4-3-5-16(18)2/h3-6,14-15,17H,7-13H2,1-2H3. The van der Waals surface area contributed by atoms with Gasteiger partial charge in [0.15, 0.2) is 0 Å². The number of carbonyl (C=O) groups is 1. The summed E-state index contributed by atoms with van der Waals surface area (Å²) >= 11 is 0. The summed E-state index contributed by atoms with van der Waals surface area (Å²) in [5, 5.41) is 0. The van der Waals surface area contributed by atoms with E-state index in [-0.39, 0.29) is 5.91 Å². The third-order valence-corrected chi connectivity index (χ3v) is 5.91. The van der Waals surface area contributed by atoms with Crippen molar-refractivity contribution >= 4 is 5.91 Å². The van der Waals surface area contributed by atoms with Crippen molar-refractivity contribution < 1.29 is 4.79 Å². The summed E-state index contributed by atoms with van der Waals surface area (Å²) < 4.78 is 2.21. The van der Waals surface area contributed by atoms with Crippen LogP contribution in [0.4, 0.5) is 0 Å². The van der Waals surface area contributed by atoms with Gasteiger partial charge in [-0.2, -0.15) is 0 Å². The van der Waals surface area contributed by atoms with E-state index in [0.29, 0.717) is 11.6 Å². The molecule has 3 heterocycles. The quantitative estimate of drug-likeness (QED) is 0.836. The van der Waals surface area contributed by atoms with E-state index < -0.39 is 0 Å². The minimum Gasteiger partial charge on any atom is -0.337 e. The van der Waals surface area contributed by atoms with Crippen molar-refractivity contribution in [3.8, 4) is 0 Å². The molecule has 4 nitrogen and oxygen atoms in total.